The molecule has 0 spiro atoms. The summed E-state index contributed by atoms with van der Waals surface area (Å²) in [6.07, 6.45) is 1.81. The maximum absolute atomic E-state index is 11.8. The predicted octanol–water partition coefficient (Wildman–Crippen LogP) is 2.49. The summed E-state index contributed by atoms with van der Waals surface area (Å²) in [6.45, 7) is 5.94. The molecule has 90 valence electrons. The highest BCUT2D eigenvalue weighted by atomic mass is 32.2. The molecule has 0 aliphatic carbocycles. The number of hydrogen-bond acceptors (Lipinski definition) is 4. The molecule has 0 aromatic carbocycles. The first-order chi connectivity index (χ1) is 7.60. The largest absolute Gasteiger partial charge is 0.493 e. The summed E-state index contributed by atoms with van der Waals surface area (Å²) in [5.74, 6) is 0.781. The second-order valence-electron chi connectivity index (χ2n) is 3.77. The number of hydrogen-bond donors (Lipinski definition) is 2. The van der Waals surface area contributed by atoms with Gasteiger partial charge < -0.3 is 10.1 Å². The fraction of sp³-hybridized carbons (Fsp3) is 0.636. The van der Waals surface area contributed by atoms with E-state index in [9.17, 15) is 9.90 Å². The monoisotopic (exact) mass is 242 g/mol. The quantitative estimate of drug-likeness (QED) is 0.615. The van der Waals surface area contributed by atoms with Crippen LogP contribution in [0.4, 0.5) is 0 Å². The number of nitrogens with zero attached hydrogens (tertiary/aromatic N) is 1. The van der Waals surface area contributed by atoms with E-state index >= 15 is 0 Å². The van der Waals surface area contributed by atoms with Gasteiger partial charge in [-0.3, -0.25) is 4.79 Å². The Balaban J connectivity index is 3.03. The average Bonchev–Trinajstić information content (AvgIpc) is 2.25. The van der Waals surface area contributed by atoms with Gasteiger partial charge in [0.05, 0.1) is 5.56 Å². The van der Waals surface area contributed by atoms with Crippen LogP contribution in [0.3, 0.4) is 0 Å². The highest BCUT2D eigenvalue weighted by molar-refractivity contribution is 7.99. The third-order valence-electron chi connectivity index (χ3n) is 2.46. The molecular weight excluding hydrogens is 224 g/mol. The topological polar surface area (TPSA) is 66.0 Å². The lowest BCUT2D eigenvalue weighted by atomic mass is 10.0. The minimum atomic E-state index is -0.222. The van der Waals surface area contributed by atoms with Crippen molar-refractivity contribution in [1.82, 2.24) is 9.97 Å². The van der Waals surface area contributed by atoms with Crippen LogP contribution in [0.1, 0.15) is 45.1 Å². The molecule has 0 fully saturated rings. The van der Waals surface area contributed by atoms with Gasteiger partial charge in [-0.05, 0) is 18.8 Å². The standard InChI is InChI=1S/C11H18N2O2S/c1-4-6-16-11-12-9(14)8(7(3)5-2)10(15)13-11/h7H,4-6H2,1-3H3,(H2,12,13,14,15). The van der Waals surface area contributed by atoms with Gasteiger partial charge in [-0.2, -0.15) is 4.98 Å². The Hall–Kier alpha value is -0.970. The first-order valence-electron chi connectivity index (χ1n) is 5.56. The summed E-state index contributed by atoms with van der Waals surface area (Å²) < 4.78 is 0. The van der Waals surface area contributed by atoms with E-state index < -0.39 is 0 Å². The Labute approximate surface area is 99.5 Å². The summed E-state index contributed by atoms with van der Waals surface area (Å²) in [5.41, 5.74) is 0.170. The maximum Gasteiger partial charge on any atom is 0.258 e. The van der Waals surface area contributed by atoms with Crippen LogP contribution in [0.2, 0.25) is 0 Å². The van der Waals surface area contributed by atoms with Crippen molar-refractivity contribution in [3.05, 3.63) is 15.9 Å². The lowest BCUT2D eigenvalue weighted by Gasteiger charge is -2.09. The summed E-state index contributed by atoms with van der Waals surface area (Å²) in [4.78, 5) is 18.5. The number of rotatable bonds is 5. The number of thioether (sulfide) groups is 1. The Morgan fingerprint density at radius 2 is 2.19 bits per heavy atom. The minimum Gasteiger partial charge on any atom is -0.493 e. The van der Waals surface area contributed by atoms with Crippen molar-refractivity contribution in [3.8, 4) is 5.88 Å². The molecule has 0 saturated heterocycles. The average molecular weight is 242 g/mol. The van der Waals surface area contributed by atoms with Crippen LogP contribution in [0, 0.1) is 0 Å². The Morgan fingerprint density at radius 1 is 1.50 bits per heavy atom. The van der Waals surface area contributed by atoms with Gasteiger partial charge in [0.1, 0.15) is 0 Å². The van der Waals surface area contributed by atoms with E-state index in [2.05, 4.69) is 16.9 Å². The fourth-order valence-corrected chi connectivity index (χ4v) is 2.08. The fourth-order valence-electron chi connectivity index (χ4n) is 1.37. The summed E-state index contributed by atoms with van der Waals surface area (Å²) >= 11 is 1.45. The molecule has 0 radical (unpaired) electrons. The molecule has 1 rings (SSSR count). The highest BCUT2D eigenvalue weighted by Crippen LogP contribution is 2.24. The molecule has 1 aromatic rings. The van der Waals surface area contributed by atoms with E-state index in [-0.39, 0.29) is 17.4 Å². The van der Waals surface area contributed by atoms with Crippen molar-refractivity contribution >= 4 is 11.8 Å². The first-order valence-corrected chi connectivity index (χ1v) is 6.54. The normalized spacial score (nSPS) is 12.7. The van der Waals surface area contributed by atoms with Crippen molar-refractivity contribution in [2.45, 2.75) is 44.7 Å². The second kappa shape index (κ2) is 5.94. The number of aromatic amines is 1. The zero-order chi connectivity index (χ0) is 12.1. The minimum absolute atomic E-state index is 0.0291. The molecule has 4 nitrogen and oxygen atoms in total. The number of nitrogens with one attached hydrogen (secondary N) is 1. The molecule has 0 aliphatic rings. The molecule has 0 bridgehead atoms. The van der Waals surface area contributed by atoms with E-state index in [1.54, 1.807) is 0 Å². The van der Waals surface area contributed by atoms with Crippen LogP contribution in [0.25, 0.3) is 0 Å². The Kier molecular flexibility index (Phi) is 4.86. The second-order valence-corrected chi connectivity index (χ2v) is 4.85. The van der Waals surface area contributed by atoms with Crippen LogP contribution >= 0.6 is 11.8 Å². The molecule has 0 aliphatic heterocycles. The Bertz CT molecular complexity index is 403. The smallest absolute Gasteiger partial charge is 0.258 e. The molecule has 1 atom stereocenters. The maximum atomic E-state index is 11.8. The lowest BCUT2D eigenvalue weighted by Crippen LogP contribution is -2.17. The van der Waals surface area contributed by atoms with Gasteiger partial charge in [0.15, 0.2) is 5.16 Å². The van der Waals surface area contributed by atoms with E-state index in [1.807, 2.05) is 13.8 Å². The van der Waals surface area contributed by atoms with Gasteiger partial charge in [0.25, 0.3) is 5.56 Å². The van der Waals surface area contributed by atoms with Crippen molar-refractivity contribution in [1.29, 1.82) is 0 Å². The van der Waals surface area contributed by atoms with E-state index in [0.717, 1.165) is 18.6 Å². The van der Waals surface area contributed by atoms with Crippen molar-refractivity contribution in [2.75, 3.05) is 5.75 Å². The highest BCUT2D eigenvalue weighted by Gasteiger charge is 2.15. The molecule has 16 heavy (non-hydrogen) atoms. The van der Waals surface area contributed by atoms with Crippen LogP contribution < -0.4 is 5.56 Å². The zero-order valence-corrected chi connectivity index (χ0v) is 10.7. The molecule has 2 N–H and O–H groups in total. The van der Waals surface area contributed by atoms with E-state index in [1.165, 1.54) is 11.8 Å². The Morgan fingerprint density at radius 3 is 2.69 bits per heavy atom. The summed E-state index contributed by atoms with van der Waals surface area (Å²) in [7, 11) is 0. The SMILES string of the molecule is CCCSc1nc(O)c(C(C)CC)c(=O)[nH]1. The summed E-state index contributed by atoms with van der Waals surface area (Å²) in [6, 6.07) is 0. The molecule has 1 aromatic heterocycles. The van der Waals surface area contributed by atoms with Gasteiger partial charge in [0, 0.05) is 5.75 Å². The predicted molar refractivity (Wildman–Crippen MR) is 66.2 cm³/mol. The van der Waals surface area contributed by atoms with E-state index in [4.69, 9.17) is 0 Å². The summed E-state index contributed by atoms with van der Waals surface area (Å²) in [5, 5.41) is 10.2. The van der Waals surface area contributed by atoms with Crippen molar-refractivity contribution in [2.24, 2.45) is 0 Å². The van der Waals surface area contributed by atoms with Crippen LogP contribution in [0.15, 0.2) is 9.95 Å². The van der Waals surface area contributed by atoms with Crippen molar-refractivity contribution < 1.29 is 5.11 Å². The third kappa shape index (κ3) is 3.01. The lowest BCUT2D eigenvalue weighted by molar-refractivity contribution is 0.429. The van der Waals surface area contributed by atoms with Crippen molar-refractivity contribution in [3.63, 3.8) is 0 Å². The zero-order valence-electron chi connectivity index (χ0n) is 9.91. The molecule has 0 amide bonds. The van der Waals surface area contributed by atoms with Gasteiger partial charge >= 0.3 is 0 Å². The molecule has 0 saturated carbocycles. The molecular formula is C11H18N2O2S. The van der Waals surface area contributed by atoms with E-state index in [0.29, 0.717) is 10.7 Å². The van der Waals surface area contributed by atoms with Crippen LogP contribution in [-0.2, 0) is 0 Å². The number of H-pyrrole nitrogens is 1. The number of aromatic nitrogens is 2. The molecule has 1 heterocycles. The first kappa shape index (κ1) is 13.1. The van der Waals surface area contributed by atoms with Crippen LogP contribution in [-0.4, -0.2) is 20.8 Å². The number of aromatic hydroxyl groups is 1. The van der Waals surface area contributed by atoms with Gasteiger partial charge in [-0.1, -0.05) is 32.5 Å². The van der Waals surface area contributed by atoms with Gasteiger partial charge in [-0.15, -0.1) is 0 Å². The van der Waals surface area contributed by atoms with Gasteiger partial charge in [0.2, 0.25) is 5.88 Å². The van der Waals surface area contributed by atoms with Crippen LogP contribution in [0.5, 0.6) is 5.88 Å². The third-order valence-corrected chi connectivity index (χ3v) is 3.54. The van der Waals surface area contributed by atoms with Gasteiger partial charge in [-0.25, -0.2) is 0 Å². The molecule has 1 unspecified atom stereocenters. The molecule has 5 heteroatoms.